The fourth-order valence-corrected chi connectivity index (χ4v) is 0.847. The summed E-state index contributed by atoms with van der Waals surface area (Å²) in [5.74, 6) is -4.54. The molecule has 0 atom stereocenters. The smallest absolute Gasteiger partial charge is 0.349 e. The van der Waals surface area contributed by atoms with Gasteiger partial charge in [-0.15, -0.1) is 0 Å². The maximum absolute atomic E-state index is 10.8. The second-order valence-corrected chi connectivity index (χ2v) is 2.72. The molecule has 1 aliphatic heterocycles. The molecule has 96 valence electrons. The largest absolute Gasteiger partial charge is 0.547 e. The van der Waals surface area contributed by atoms with E-state index in [1.165, 1.54) is 0 Å². The van der Waals surface area contributed by atoms with Crippen LogP contribution < -0.4 is 11.3 Å². The van der Waals surface area contributed by atoms with Gasteiger partial charge in [-0.3, -0.25) is 9.78 Å². The van der Waals surface area contributed by atoms with Crippen LogP contribution >= 0.6 is 0 Å². The molecular formula is C6H9NO9Ti. The molecule has 1 saturated heterocycles. The van der Waals surface area contributed by atoms with Gasteiger partial charge in [-0.25, -0.2) is 9.59 Å². The fraction of sp³-hybridized carbons (Fsp3) is 0.500. The first-order valence-corrected chi connectivity index (χ1v) is 3.61. The molecule has 0 aliphatic carbocycles. The molecule has 0 bridgehead atoms. The number of carbonyl (C=O) groups excluding carboxylic acids is 3. The van der Waals surface area contributed by atoms with Crippen LogP contribution in [0.1, 0.15) is 12.8 Å². The number of hydrogen-bond acceptors (Lipinski definition) is 9. The first-order valence-electron chi connectivity index (χ1n) is 3.61. The van der Waals surface area contributed by atoms with Crippen LogP contribution in [0.15, 0.2) is 0 Å². The van der Waals surface area contributed by atoms with E-state index in [2.05, 4.69) is 19.9 Å². The summed E-state index contributed by atoms with van der Waals surface area (Å²) in [6.07, 6.45) is -2.07. The predicted molar refractivity (Wildman–Crippen MR) is 39.5 cm³/mol. The first kappa shape index (κ1) is 18.3. The van der Waals surface area contributed by atoms with Crippen LogP contribution in [-0.2, 0) is 56.0 Å². The van der Waals surface area contributed by atoms with Gasteiger partial charge in [-0.1, -0.05) is 0 Å². The van der Waals surface area contributed by atoms with Crippen LogP contribution in [0.2, 0.25) is 0 Å². The Morgan fingerprint density at radius 3 is 1.82 bits per heavy atom. The van der Waals surface area contributed by atoms with Gasteiger partial charge >= 0.3 is 11.9 Å². The van der Waals surface area contributed by atoms with E-state index in [-0.39, 0.29) is 27.9 Å². The second kappa shape index (κ2) is 7.32. The molecule has 0 spiro atoms. The second-order valence-electron chi connectivity index (χ2n) is 2.72. The van der Waals surface area contributed by atoms with E-state index in [4.69, 9.17) is 0 Å². The van der Waals surface area contributed by atoms with Crippen molar-refractivity contribution in [2.24, 2.45) is 0 Å². The molecule has 0 aromatic carbocycles. The summed E-state index contributed by atoms with van der Waals surface area (Å²) < 4.78 is 0. The van der Waals surface area contributed by atoms with Crippen LogP contribution in [0.25, 0.3) is 0 Å². The third-order valence-corrected chi connectivity index (χ3v) is 1.54. The molecule has 0 amide bonds. The van der Waals surface area contributed by atoms with Gasteiger partial charge in [-0.2, -0.15) is 0 Å². The van der Waals surface area contributed by atoms with Crippen LogP contribution in [0.3, 0.4) is 0 Å². The SMILES string of the molecule is O=C1CC(O)(C(=O)[O-])CC(=O)OOOO1.[NH4+].[Ti]. The number of aliphatic carboxylic acids is 1. The van der Waals surface area contributed by atoms with E-state index in [1.807, 2.05) is 0 Å². The van der Waals surface area contributed by atoms with Gasteiger partial charge in [-0.05, 0) is 0 Å². The van der Waals surface area contributed by atoms with Crippen molar-refractivity contribution in [3.05, 3.63) is 0 Å². The average molecular weight is 287 g/mol. The molecule has 1 aliphatic rings. The zero-order chi connectivity index (χ0) is 11.5. The normalized spacial score (nSPS) is 19.1. The summed E-state index contributed by atoms with van der Waals surface area (Å²) in [4.78, 5) is 39.6. The maximum atomic E-state index is 10.8. The molecule has 1 heterocycles. The van der Waals surface area contributed by atoms with Gasteiger partial charge in [0.2, 0.25) is 0 Å². The number of carbonyl (C=O) groups is 3. The number of rotatable bonds is 1. The summed E-state index contributed by atoms with van der Waals surface area (Å²) in [6, 6.07) is 0. The number of hydrogen-bond donors (Lipinski definition) is 2. The number of aliphatic hydroxyl groups is 1. The van der Waals surface area contributed by atoms with E-state index >= 15 is 0 Å². The van der Waals surface area contributed by atoms with Gasteiger partial charge in [0, 0.05) is 31.8 Å². The molecule has 5 N–H and O–H groups in total. The molecular weight excluding hydrogens is 278 g/mol. The van der Waals surface area contributed by atoms with Crippen LogP contribution in [0.5, 0.6) is 0 Å². The third-order valence-electron chi connectivity index (χ3n) is 1.54. The Morgan fingerprint density at radius 2 is 1.53 bits per heavy atom. The van der Waals surface area contributed by atoms with Crippen molar-refractivity contribution >= 4 is 17.9 Å². The topological polar surface area (TPSA) is 168 Å². The van der Waals surface area contributed by atoms with E-state index in [9.17, 15) is 24.6 Å². The molecule has 0 saturated carbocycles. The van der Waals surface area contributed by atoms with E-state index in [0.29, 0.717) is 0 Å². The van der Waals surface area contributed by atoms with Crippen molar-refractivity contribution in [2.45, 2.75) is 18.4 Å². The molecule has 0 radical (unpaired) electrons. The minimum absolute atomic E-state index is 0. The Hall–Kier alpha value is -1.04. The van der Waals surface area contributed by atoms with Gasteiger partial charge < -0.3 is 21.2 Å². The summed E-state index contributed by atoms with van der Waals surface area (Å²) in [6.45, 7) is 0. The Labute approximate surface area is 109 Å². The Kier molecular flexibility index (Phi) is 7.90. The quantitative estimate of drug-likeness (QED) is 0.391. The van der Waals surface area contributed by atoms with Crippen LogP contribution in [0.4, 0.5) is 0 Å². The van der Waals surface area contributed by atoms with Crippen LogP contribution in [0, 0.1) is 0 Å². The summed E-state index contributed by atoms with van der Waals surface area (Å²) >= 11 is 0. The van der Waals surface area contributed by atoms with Crippen molar-refractivity contribution < 1.29 is 66.2 Å². The molecule has 10 nitrogen and oxygen atoms in total. The van der Waals surface area contributed by atoms with Crippen molar-refractivity contribution in [2.75, 3.05) is 0 Å². The molecule has 0 aromatic rings. The van der Waals surface area contributed by atoms with Crippen molar-refractivity contribution in [1.82, 2.24) is 6.15 Å². The average Bonchev–Trinajstić information content (AvgIpc) is 2.16. The Morgan fingerprint density at radius 1 is 1.18 bits per heavy atom. The predicted octanol–water partition coefficient (Wildman–Crippen LogP) is -2.50. The number of carboxylic acids is 1. The maximum Gasteiger partial charge on any atom is 0.349 e. The van der Waals surface area contributed by atoms with E-state index in [0.717, 1.165) is 0 Å². The minimum Gasteiger partial charge on any atom is -0.547 e. The van der Waals surface area contributed by atoms with Gasteiger partial charge in [0.1, 0.15) is 5.60 Å². The van der Waals surface area contributed by atoms with Gasteiger partial charge in [0.05, 0.1) is 18.8 Å². The molecule has 11 heteroatoms. The Balaban J connectivity index is 0. The number of quaternary nitrogens is 1. The van der Waals surface area contributed by atoms with Crippen molar-refractivity contribution in [3.8, 4) is 0 Å². The zero-order valence-electron chi connectivity index (χ0n) is 8.63. The summed E-state index contributed by atoms with van der Waals surface area (Å²) in [5.41, 5.74) is -2.72. The molecule has 17 heavy (non-hydrogen) atoms. The van der Waals surface area contributed by atoms with Crippen molar-refractivity contribution in [1.29, 1.82) is 0 Å². The monoisotopic (exact) mass is 287 g/mol. The van der Waals surface area contributed by atoms with Gasteiger partial charge in [0.25, 0.3) is 0 Å². The summed E-state index contributed by atoms with van der Waals surface area (Å²) in [7, 11) is 0. The number of carboxylic acid groups (broad SMARTS) is 1. The standard InChI is InChI=1S/C6H6O9.H3N.Ti/c7-3-1-6(11,5(9)10)2-4(8)13-15-14-12-3;;/h11H,1-2H2,(H,9,10);1H3;. The summed E-state index contributed by atoms with van der Waals surface area (Å²) in [5, 5.41) is 27.0. The molecule has 1 rings (SSSR count). The minimum atomic E-state index is -2.72. The van der Waals surface area contributed by atoms with Gasteiger partial charge in [0.15, 0.2) is 0 Å². The van der Waals surface area contributed by atoms with Crippen LogP contribution in [-0.4, -0.2) is 28.6 Å². The zero-order valence-corrected chi connectivity index (χ0v) is 10.2. The van der Waals surface area contributed by atoms with Crippen molar-refractivity contribution in [3.63, 3.8) is 0 Å². The Bertz CT molecular complexity index is 286. The van der Waals surface area contributed by atoms with E-state index < -0.39 is 36.4 Å². The molecule has 0 aromatic heterocycles. The first-order chi connectivity index (χ1) is 6.94. The molecule has 0 unspecified atom stereocenters. The molecule has 1 fully saturated rings. The van der Waals surface area contributed by atoms with E-state index in [1.54, 1.807) is 0 Å². The third kappa shape index (κ3) is 5.21. The fourth-order valence-electron chi connectivity index (χ4n) is 0.847.